The maximum Gasteiger partial charge on any atom is 0.256 e. The number of aryl methyl sites for hydroxylation is 1. The van der Waals surface area contributed by atoms with Gasteiger partial charge in [-0.1, -0.05) is 35.8 Å². The van der Waals surface area contributed by atoms with E-state index < -0.39 is 15.9 Å². The van der Waals surface area contributed by atoms with Gasteiger partial charge in [-0.25, -0.2) is 8.42 Å². The number of carbonyl (C=O) groups is 1. The Morgan fingerprint density at radius 2 is 1.81 bits per heavy atom. The summed E-state index contributed by atoms with van der Waals surface area (Å²) in [6.45, 7) is 6.05. The van der Waals surface area contributed by atoms with Gasteiger partial charge >= 0.3 is 0 Å². The van der Waals surface area contributed by atoms with Crippen molar-refractivity contribution in [1.82, 2.24) is 4.31 Å². The van der Waals surface area contributed by atoms with Crippen molar-refractivity contribution in [1.29, 1.82) is 0 Å². The first-order valence-corrected chi connectivity index (χ1v) is 10.7. The van der Waals surface area contributed by atoms with Crippen LogP contribution in [0.15, 0.2) is 45.8 Å². The third-order valence-electron chi connectivity index (χ3n) is 4.21. The number of carbonyl (C=O) groups excluding carboxylic acids is 1. The van der Waals surface area contributed by atoms with E-state index in [0.29, 0.717) is 35.7 Å². The fourth-order valence-electron chi connectivity index (χ4n) is 2.69. The van der Waals surface area contributed by atoms with Crippen LogP contribution in [0.4, 0.5) is 5.69 Å². The molecule has 0 saturated carbocycles. The molecule has 0 aliphatic rings. The molecule has 0 atom stereocenters. The van der Waals surface area contributed by atoms with E-state index in [4.69, 9.17) is 4.74 Å². The Balaban J connectivity index is 2.42. The first kappa shape index (κ1) is 21.4. The van der Waals surface area contributed by atoms with Crippen LogP contribution in [0.2, 0.25) is 0 Å². The van der Waals surface area contributed by atoms with Crippen LogP contribution in [-0.4, -0.2) is 38.8 Å². The van der Waals surface area contributed by atoms with Gasteiger partial charge in [0.05, 0.1) is 17.7 Å². The molecular formula is C19H23BrN2O4S. The molecule has 0 saturated heterocycles. The molecular weight excluding hydrogens is 432 g/mol. The minimum absolute atomic E-state index is 0.100. The predicted molar refractivity (Wildman–Crippen MR) is 110 cm³/mol. The Morgan fingerprint density at radius 1 is 1.15 bits per heavy atom. The van der Waals surface area contributed by atoms with Gasteiger partial charge in [0.1, 0.15) is 5.75 Å². The zero-order valence-electron chi connectivity index (χ0n) is 15.7. The Hall–Kier alpha value is -1.90. The van der Waals surface area contributed by atoms with E-state index in [9.17, 15) is 13.2 Å². The maximum absolute atomic E-state index is 12.8. The summed E-state index contributed by atoms with van der Waals surface area (Å²) in [5.41, 5.74) is 1.47. The molecule has 0 aliphatic carbocycles. The van der Waals surface area contributed by atoms with Gasteiger partial charge in [-0.2, -0.15) is 4.31 Å². The number of nitrogens with zero attached hydrogens (tertiary/aromatic N) is 1. The lowest BCUT2D eigenvalue weighted by molar-refractivity contribution is 0.102. The lowest BCUT2D eigenvalue weighted by atomic mass is 10.1. The molecule has 27 heavy (non-hydrogen) atoms. The van der Waals surface area contributed by atoms with Gasteiger partial charge in [-0.05, 0) is 42.8 Å². The number of rotatable bonds is 7. The van der Waals surface area contributed by atoms with E-state index in [1.807, 2.05) is 0 Å². The van der Waals surface area contributed by atoms with Crippen molar-refractivity contribution in [2.75, 3.05) is 25.5 Å². The number of nitrogens with one attached hydrogen (secondary N) is 1. The van der Waals surface area contributed by atoms with Crippen LogP contribution in [0, 0.1) is 6.92 Å². The van der Waals surface area contributed by atoms with Gasteiger partial charge in [0.25, 0.3) is 5.91 Å². The Bertz CT molecular complexity index is 941. The highest BCUT2D eigenvalue weighted by atomic mass is 79.9. The summed E-state index contributed by atoms with van der Waals surface area (Å²) in [7, 11) is -2.13. The van der Waals surface area contributed by atoms with Crippen LogP contribution in [0.5, 0.6) is 5.75 Å². The van der Waals surface area contributed by atoms with Crippen molar-refractivity contribution >= 4 is 37.5 Å². The number of hydrogen-bond acceptors (Lipinski definition) is 4. The highest BCUT2D eigenvalue weighted by Gasteiger charge is 2.23. The topological polar surface area (TPSA) is 75.7 Å². The summed E-state index contributed by atoms with van der Waals surface area (Å²) in [5, 5.41) is 2.79. The molecule has 6 nitrogen and oxygen atoms in total. The third kappa shape index (κ3) is 4.69. The van der Waals surface area contributed by atoms with Gasteiger partial charge < -0.3 is 10.1 Å². The highest BCUT2D eigenvalue weighted by Crippen LogP contribution is 2.29. The minimum atomic E-state index is -3.65. The van der Waals surface area contributed by atoms with Crippen LogP contribution in [-0.2, 0) is 10.0 Å². The molecule has 2 rings (SSSR count). The second-order valence-corrected chi connectivity index (χ2v) is 8.72. The number of benzene rings is 2. The fraction of sp³-hybridized carbons (Fsp3) is 0.316. The number of amides is 1. The SMILES string of the molecule is CCN(CC)S(=O)(=O)c1ccc(C)c(C(=O)Nc2cc(Br)ccc2OC)c1. The van der Waals surface area contributed by atoms with Gasteiger partial charge in [0.2, 0.25) is 10.0 Å². The van der Waals surface area contributed by atoms with Gasteiger partial charge in [-0.15, -0.1) is 0 Å². The number of anilines is 1. The monoisotopic (exact) mass is 454 g/mol. The molecule has 2 aromatic carbocycles. The number of ether oxygens (including phenoxy) is 1. The number of methoxy groups -OCH3 is 1. The molecule has 0 aliphatic heterocycles. The summed E-state index contributed by atoms with van der Waals surface area (Å²) in [4.78, 5) is 12.9. The molecule has 0 spiro atoms. The Morgan fingerprint density at radius 3 is 2.41 bits per heavy atom. The fourth-order valence-corrected chi connectivity index (χ4v) is 4.53. The molecule has 0 unspecified atom stereocenters. The molecule has 8 heteroatoms. The Labute approximate surface area is 168 Å². The largest absolute Gasteiger partial charge is 0.495 e. The molecule has 0 aromatic heterocycles. The number of hydrogen-bond donors (Lipinski definition) is 1. The van der Waals surface area contributed by atoms with Crippen molar-refractivity contribution in [3.63, 3.8) is 0 Å². The van der Waals surface area contributed by atoms with Gasteiger partial charge in [-0.3, -0.25) is 4.79 Å². The van der Waals surface area contributed by atoms with Crippen molar-refractivity contribution in [2.24, 2.45) is 0 Å². The van der Waals surface area contributed by atoms with E-state index in [0.717, 1.165) is 4.47 Å². The van der Waals surface area contributed by atoms with E-state index in [1.165, 1.54) is 23.5 Å². The molecule has 146 valence electrons. The van der Waals surface area contributed by atoms with Gasteiger partial charge in [0.15, 0.2) is 0 Å². The lowest BCUT2D eigenvalue weighted by Crippen LogP contribution is -2.30. The summed E-state index contributed by atoms with van der Waals surface area (Å²) in [5.74, 6) is 0.108. The van der Waals surface area contributed by atoms with Crippen LogP contribution < -0.4 is 10.1 Å². The molecule has 0 heterocycles. The third-order valence-corrected chi connectivity index (χ3v) is 6.75. The van der Waals surface area contributed by atoms with Crippen LogP contribution >= 0.6 is 15.9 Å². The second-order valence-electron chi connectivity index (χ2n) is 5.86. The van der Waals surface area contributed by atoms with Crippen molar-refractivity contribution in [3.8, 4) is 5.75 Å². The first-order chi connectivity index (χ1) is 12.7. The van der Waals surface area contributed by atoms with E-state index in [-0.39, 0.29) is 4.90 Å². The quantitative estimate of drug-likeness (QED) is 0.684. The smallest absolute Gasteiger partial charge is 0.256 e. The van der Waals surface area contributed by atoms with Crippen LogP contribution in [0.25, 0.3) is 0 Å². The Kier molecular flexibility index (Phi) is 7.02. The van der Waals surface area contributed by atoms with Crippen molar-refractivity contribution in [2.45, 2.75) is 25.7 Å². The average molecular weight is 455 g/mol. The van der Waals surface area contributed by atoms with Crippen molar-refractivity contribution < 1.29 is 17.9 Å². The van der Waals surface area contributed by atoms with E-state index in [2.05, 4.69) is 21.2 Å². The van der Waals surface area contributed by atoms with Gasteiger partial charge in [0, 0.05) is 23.1 Å². The molecule has 1 N–H and O–H groups in total. The summed E-state index contributed by atoms with van der Waals surface area (Å²) >= 11 is 3.36. The van der Waals surface area contributed by atoms with Crippen molar-refractivity contribution in [3.05, 3.63) is 52.0 Å². The molecule has 1 amide bonds. The van der Waals surface area contributed by atoms with Crippen LogP contribution in [0.3, 0.4) is 0 Å². The average Bonchev–Trinajstić information content (AvgIpc) is 2.62. The highest BCUT2D eigenvalue weighted by molar-refractivity contribution is 9.10. The number of halogens is 1. The molecule has 0 bridgehead atoms. The minimum Gasteiger partial charge on any atom is -0.495 e. The predicted octanol–water partition coefficient (Wildman–Crippen LogP) is 4.05. The zero-order chi connectivity index (χ0) is 20.2. The second kappa shape index (κ2) is 8.86. The summed E-state index contributed by atoms with van der Waals surface area (Å²) < 4.78 is 32.9. The van der Waals surface area contributed by atoms with Crippen LogP contribution in [0.1, 0.15) is 29.8 Å². The number of sulfonamides is 1. The summed E-state index contributed by atoms with van der Waals surface area (Å²) in [6.07, 6.45) is 0. The van der Waals surface area contributed by atoms with E-state index in [1.54, 1.807) is 45.0 Å². The molecule has 0 fully saturated rings. The first-order valence-electron chi connectivity index (χ1n) is 8.50. The standard InChI is InChI=1S/C19H23BrN2O4S/c1-5-22(6-2)27(24,25)15-9-7-13(3)16(12-15)19(23)21-17-11-14(20)8-10-18(17)26-4/h7-12H,5-6H2,1-4H3,(H,21,23). The maximum atomic E-state index is 12.8. The molecule has 0 radical (unpaired) electrons. The normalized spacial score (nSPS) is 11.5. The molecule has 2 aromatic rings. The summed E-state index contributed by atoms with van der Waals surface area (Å²) in [6, 6.07) is 9.85. The zero-order valence-corrected chi connectivity index (χ0v) is 18.1. The lowest BCUT2D eigenvalue weighted by Gasteiger charge is -2.19. The van der Waals surface area contributed by atoms with E-state index >= 15 is 0 Å².